The molecule has 1 aliphatic heterocycles. The number of ether oxygens (including phenoxy) is 1. The van der Waals surface area contributed by atoms with E-state index in [1.165, 1.54) is 0 Å². The first-order chi connectivity index (χ1) is 12.0. The van der Waals surface area contributed by atoms with Gasteiger partial charge in [-0.2, -0.15) is 0 Å². The number of nitrogens with zero attached hydrogens (tertiary/aromatic N) is 1. The molecule has 0 radical (unpaired) electrons. The minimum atomic E-state index is -0.265. The van der Waals surface area contributed by atoms with Gasteiger partial charge in [0.15, 0.2) is 0 Å². The van der Waals surface area contributed by atoms with E-state index in [9.17, 15) is 9.59 Å². The van der Waals surface area contributed by atoms with Crippen LogP contribution in [-0.4, -0.2) is 62.7 Å². The van der Waals surface area contributed by atoms with Crippen molar-refractivity contribution in [1.82, 2.24) is 15.5 Å². The molecule has 1 saturated heterocycles. The Bertz CT molecular complexity index is 610. The van der Waals surface area contributed by atoms with E-state index in [0.717, 1.165) is 38.4 Å². The van der Waals surface area contributed by atoms with Gasteiger partial charge >= 0.3 is 0 Å². The highest BCUT2D eigenvalue weighted by molar-refractivity contribution is 6.30. The molecule has 0 saturated carbocycles. The quantitative estimate of drug-likeness (QED) is 0.715. The molecule has 2 N–H and O–H groups in total. The van der Waals surface area contributed by atoms with E-state index in [4.69, 9.17) is 16.3 Å². The Morgan fingerprint density at radius 3 is 2.56 bits per heavy atom. The average Bonchev–Trinajstić information content (AvgIpc) is 2.62. The molecule has 2 rings (SSSR count). The van der Waals surface area contributed by atoms with Gasteiger partial charge in [0.2, 0.25) is 11.8 Å². The summed E-state index contributed by atoms with van der Waals surface area (Å²) < 4.78 is 5.27. The number of halogens is 1. The van der Waals surface area contributed by atoms with Crippen molar-refractivity contribution in [2.75, 3.05) is 45.9 Å². The highest BCUT2D eigenvalue weighted by atomic mass is 35.5. The van der Waals surface area contributed by atoms with Crippen LogP contribution in [0.5, 0.6) is 0 Å². The average molecular weight is 366 g/mol. The lowest BCUT2D eigenvalue weighted by atomic mass is 10.1. The van der Waals surface area contributed by atoms with Gasteiger partial charge in [0.1, 0.15) is 0 Å². The Morgan fingerprint density at radius 1 is 1.20 bits per heavy atom. The van der Waals surface area contributed by atoms with E-state index in [2.05, 4.69) is 15.5 Å². The maximum Gasteiger partial charge on any atom is 0.247 e. The highest BCUT2D eigenvalue weighted by Gasteiger charge is 2.11. The molecule has 1 heterocycles. The predicted octanol–water partition coefficient (Wildman–Crippen LogP) is 1.31. The Balaban J connectivity index is 1.67. The molecule has 1 aliphatic rings. The lowest BCUT2D eigenvalue weighted by molar-refractivity contribution is -0.124. The number of carbonyl (C=O) groups excluding carboxylic acids is 2. The van der Waals surface area contributed by atoms with Gasteiger partial charge in [-0.05, 0) is 30.7 Å². The van der Waals surface area contributed by atoms with Crippen molar-refractivity contribution in [3.8, 4) is 0 Å². The topological polar surface area (TPSA) is 70.7 Å². The van der Waals surface area contributed by atoms with Crippen LogP contribution in [-0.2, 0) is 14.3 Å². The normalized spacial score (nSPS) is 15.7. The molecule has 136 valence electrons. The largest absolute Gasteiger partial charge is 0.379 e. The lowest BCUT2D eigenvalue weighted by Gasteiger charge is -2.26. The maximum absolute atomic E-state index is 12.0. The van der Waals surface area contributed by atoms with Gasteiger partial charge < -0.3 is 15.4 Å². The summed E-state index contributed by atoms with van der Waals surface area (Å²) in [6, 6.07) is 7.19. The number of hydrogen-bond acceptors (Lipinski definition) is 4. The summed E-state index contributed by atoms with van der Waals surface area (Å²) in [6.45, 7) is 6.29. The zero-order valence-corrected chi connectivity index (χ0v) is 15.1. The van der Waals surface area contributed by atoms with Crippen molar-refractivity contribution in [2.24, 2.45) is 0 Å². The second kappa shape index (κ2) is 10.2. The molecule has 0 aliphatic carbocycles. The molecule has 6 nitrogen and oxygen atoms in total. The molecule has 7 heteroatoms. The standard InChI is InChI=1S/C18H24ClN3O3/c1-14(12-15-2-4-16(19)5-3-15)18(24)21-13-17(23)20-6-7-22-8-10-25-11-9-22/h2-5,12H,6-11,13H2,1H3,(H,20,23)(H,21,24)/b14-12+. The van der Waals surface area contributed by atoms with Crippen molar-refractivity contribution >= 4 is 29.5 Å². The van der Waals surface area contributed by atoms with Crippen LogP contribution in [0.2, 0.25) is 5.02 Å². The van der Waals surface area contributed by atoms with Crippen molar-refractivity contribution in [3.63, 3.8) is 0 Å². The van der Waals surface area contributed by atoms with E-state index in [1.807, 2.05) is 12.1 Å². The number of carbonyl (C=O) groups is 2. The Kier molecular flexibility index (Phi) is 7.91. The number of morpholine rings is 1. The van der Waals surface area contributed by atoms with Crippen LogP contribution >= 0.6 is 11.6 Å². The van der Waals surface area contributed by atoms with Crippen LogP contribution in [0.25, 0.3) is 6.08 Å². The van der Waals surface area contributed by atoms with E-state index in [-0.39, 0.29) is 18.4 Å². The minimum absolute atomic E-state index is 0.0340. The summed E-state index contributed by atoms with van der Waals surface area (Å²) in [5.41, 5.74) is 1.41. The predicted molar refractivity (Wildman–Crippen MR) is 98.4 cm³/mol. The van der Waals surface area contributed by atoms with Gasteiger partial charge in [0.25, 0.3) is 0 Å². The third kappa shape index (κ3) is 7.25. The van der Waals surface area contributed by atoms with Crippen LogP contribution in [0.15, 0.2) is 29.8 Å². The van der Waals surface area contributed by atoms with Gasteiger partial charge in [-0.1, -0.05) is 23.7 Å². The van der Waals surface area contributed by atoms with Crippen molar-refractivity contribution in [2.45, 2.75) is 6.92 Å². The fourth-order valence-electron chi connectivity index (χ4n) is 2.42. The number of nitrogens with one attached hydrogen (secondary N) is 2. The van der Waals surface area contributed by atoms with Gasteiger partial charge in [-0.3, -0.25) is 14.5 Å². The third-order valence-corrected chi connectivity index (χ3v) is 4.13. The molecule has 0 bridgehead atoms. The van der Waals surface area contributed by atoms with Crippen LogP contribution < -0.4 is 10.6 Å². The molecule has 25 heavy (non-hydrogen) atoms. The summed E-state index contributed by atoms with van der Waals surface area (Å²) in [5.74, 6) is -0.459. The highest BCUT2D eigenvalue weighted by Crippen LogP contribution is 2.12. The molecule has 0 atom stereocenters. The fraction of sp³-hybridized carbons (Fsp3) is 0.444. The molecule has 0 aromatic heterocycles. The summed E-state index contributed by atoms with van der Waals surface area (Å²) in [4.78, 5) is 26.1. The van der Waals surface area contributed by atoms with Crippen LogP contribution in [0.3, 0.4) is 0 Å². The van der Waals surface area contributed by atoms with Crippen molar-refractivity contribution in [1.29, 1.82) is 0 Å². The van der Waals surface area contributed by atoms with E-state index < -0.39 is 0 Å². The minimum Gasteiger partial charge on any atom is -0.379 e. The number of hydrogen-bond donors (Lipinski definition) is 2. The first kappa shape index (κ1) is 19.4. The van der Waals surface area contributed by atoms with E-state index >= 15 is 0 Å². The molecule has 1 aromatic rings. The van der Waals surface area contributed by atoms with E-state index in [0.29, 0.717) is 17.1 Å². The van der Waals surface area contributed by atoms with Gasteiger partial charge in [0.05, 0.1) is 19.8 Å². The van der Waals surface area contributed by atoms with Crippen molar-refractivity contribution < 1.29 is 14.3 Å². The molecule has 0 unspecified atom stereocenters. The van der Waals surface area contributed by atoms with Gasteiger partial charge in [-0.15, -0.1) is 0 Å². The van der Waals surface area contributed by atoms with Crippen LogP contribution in [0.4, 0.5) is 0 Å². The van der Waals surface area contributed by atoms with Crippen LogP contribution in [0, 0.1) is 0 Å². The number of benzene rings is 1. The third-order valence-electron chi connectivity index (χ3n) is 3.87. The number of rotatable bonds is 7. The van der Waals surface area contributed by atoms with Crippen molar-refractivity contribution in [3.05, 3.63) is 40.4 Å². The first-order valence-corrected chi connectivity index (χ1v) is 8.71. The molecule has 2 amide bonds. The SMILES string of the molecule is C/C(=C\c1ccc(Cl)cc1)C(=O)NCC(=O)NCCN1CCOCC1. The lowest BCUT2D eigenvalue weighted by Crippen LogP contribution is -2.43. The second-order valence-corrected chi connectivity index (χ2v) is 6.30. The molecule has 1 aromatic carbocycles. The molecule has 1 fully saturated rings. The van der Waals surface area contributed by atoms with Gasteiger partial charge in [-0.25, -0.2) is 0 Å². The summed E-state index contributed by atoms with van der Waals surface area (Å²) >= 11 is 5.83. The second-order valence-electron chi connectivity index (χ2n) is 5.87. The maximum atomic E-state index is 12.0. The Hall–Kier alpha value is -1.89. The Morgan fingerprint density at radius 2 is 1.88 bits per heavy atom. The fourth-order valence-corrected chi connectivity index (χ4v) is 2.54. The first-order valence-electron chi connectivity index (χ1n) is 8.33. The summed E-state index contributed by atoms with van der Waals surface area (Å²) in [7, 11) is 0. The molecular weight excluding hydrogens is 342 g/mol. The molecule has 0 spiro atoms. The number of amides is 2. The van der Waals surface area contributed by atoms with Crippen LogP contribution in [0.1, 0.15) is 12.5 Å². The monoisotopic (exact) mass is 365 g/mol. The van der Waals surface area contributed by atoms with Gasteiger partial charge in [0, 0.05) is 36.8 Å². The summed E-state index contributed by atoms with van der Waals surface area (Å²) in [6.07, 6.45) is 1.75. The zero-order valence-electron chi connectivity index (χ0n) is 14.4. The smallest absolute Gasteiger partial charge is 0.247 e. The summed E-state index contributed by atoms with van der Waals surface area (Å²) in [5, 5.41) is 6.08. The Labute approximate surface area is 153 Å². The zero-order chi connectivity index (χ0) is 18.1. The molecular formula is C18H24ClN3O3. The van der Waals surface area contributed by atoms with E-state index in [1.54, 1.807) is 25.1 Å².